The second kappa shape index (κ2) is 3.62. The van der Waals surface area contributed by atoms with E-state index in [-0.39, 0.29) is 0 Å². The van der Waals surface area contributed by atoms with Crippen molar-refractivity contribution in [3.63, 3.8) is 0 Å². The van der Waals surface area contributed by atoms with Crippen molar-refractivity contribution in [1.82, 2.24) is 4.90 Å². The maximum Gasteiger partial charge on any atom is 0.0840 e. The molecular weight excluding hydrogens is 186 g/mol. The zero-order valence-electron chi connectivity index (χ0n) is 9.75. The van der Waals surface area contributed by atoms with Gasteiger partial charge in [-0.25, -0.2) is 0 Å². The van der Waals surface area contributed by atoms with E-state index in [0.717, 1.165) is 25.1 Å². The monoisotopic (exact) mass is 205 g/mol. The highest BCUT2D eigenvalue weighted by Crippen LogP contribution is 2.25. The topological polar surface area (TPSA) is 23.5 Å². The average Bonchev–Trinajstić information content (AvgIpc) is 2.15. The van der Waals surface area contributed by atoms with E-state index in [4.69, 9.17) is 0 Å². The minimum Gasteiger partial charge on any atom is -0.386 e. The molecule has 2 heteroatoms. The minimum atomic E-state index is -0.724. The van der Waals surface area contributed by atoms with Crippen LogP contribution in [0.4, 0.5) is 0 Å². The third kappa shape index (κ3) is 2.21. The molecule has 1 aliphatic heterocycles. The van der Waals surface area contributed by atoms with E-state index in [1.54, 1.807) is 0 Å². The first-order chi connectivity index (χ1) is 6.97. The predicted octanol–water partition coefficient (Wildman–Crippen LogP) is 1.90. The number of hydrogen-bond acceptors (Lipinski definition) is 2. The third-order valence-corrected chi connectivity index (χ3v) is 3.12. The number of likely N-dealkylation sites (N-methyl/N-ethyl adjacent to an activating group) is 1. The summed E-state index contributed by atoms with van der Waals surface area (Å²) in [5.74, 6) is 0. The van der Waals surface area contributed by atoms with E-state index in [2.05, 4.69) is 24.1 Å². The van der Waals surface area contributed by atoms with Crippen LogP contribution in [0.1, 0.15) is 30.5 Å². The highest BCUT2D eigenvalue weighted by atomic mass is 16.3. The largest absolute Gasteiger partial charge is 0.386 e. The fourth-order valence-electron chi connectivity index (χ4n) is 2.07. The Morgan fingerprint density at radius 3 is 2.67 bits per heavy atom. The quantitative estimate of drug-likeness (QED) is 0.757. The standard InChI is InChI=1S/C13H19NO/c1-13(2,15)12-5-4-11-9-14(3)7-6-10(11)8-12/h4-5,8,15H,6-7,9H2,1-3H3. The van der Waals surface area contributed by atoms with Crippen molar-refractivity contribution in [3.05, 3.63) is 34.9 Å². The van der Waals surface area contributed by atoms with Gasteiger partial charge in [0.05, 0.1) is 5.60 Å². The fraction of sp³-hybridized carbons (Fsp3) is 0.538. The molecule has 1 N–H and O–H groups in total. The molecule has 0 aliphatic carbocycles. The Morgan fingerprint density at radius 1 is 1.27 bits per heavy atom. The third-order valence-electron chi connectivity index (χ3n) is 3.12. The number of aliphatic hydroxyl groups is 1. The Hall–Kier alpha value is -0.860. The second-order valence-corrected chi connectivity index (χ2v) is 5.03. The summed E-state index contributed by atoms with van der Waals surface area (Å²) in [6.07, 6.45) is 1.09. The van der Waals surface area contributed by atoms with Crippen LogP contribution in [-0.4, -0.2) is 23.6 Å². The van der Waals surface area contributed by atoms with Crippen LogP contribution in [-0.2, 0) is 18.6 Å². The number of fused-ring (bicyclic) bond motifs is 1. The van der Waals surface area contributed by atoms with Gasteiger partial charge in [0, 0.05) is 13.1 Å². The van der Waals surface area contributed by atoms with Gasteiger partial charge in [0.15, 0.2) is 0 Å². The van der Waals surface area contributed by atoms with E-state index in [9.17, 15) is 5.11 Å². The van der Waals surface area contributed by atoms with E-state index >= 15 is 0 Å². The average molecular weight is 205 g/mol. The SMILES string of the molecule is CN1CCc2cc(C(C)(C)O)ccc2C1. The van der Waals surface area contributed by atoms with Crippen molar-refractivity contribution in [3.8, 4) is 0 Å². The Morgan fingerprint density at radius 2 is 2.00 bits per heavy atom. The van der Waals surface area contributed by atoms with Gasteiger partial charge in [-0.3, -0.25) is 0 Å². The van der Waals surface area contributed by atoms with Crippen LogP contribution in [0.25, 0.3) is 0 Å². The Labute approximate surface area is 91.5 Å². The summed E-state index contributed by atoms with van der Waals surface area (Å²) in [6.45, 7) is 5.82. The van der Waals surface area contributed by atoms with Gasteiger partial charge in [-0.05, 0) is 44.0 Å². The molecule has 0 fully saturated rings. The molecule has 0 saturated heterocycles. The second-order valence-electron chi connectivity index (χ2n) is 5.03. The summed E-state index contributed by atoms with van der Waals surface area (Å²) in [7, 11) is 2.15. The predicted molar refractivity (Wildman–Crippen MR) is 61.7 cm³/mol. The lowest BCUT2D eigenvalue weighted by Crippen LogP contribution is -2.27. The number of rotatable bonds is 1. The van der Waals surface area contributed by atoms with Crippen LogP contribution < -0.4 is 0 Å². The van der Waals surface area contributed by atoms with Crippen molar-refractivity contribution in [1.29, 1.82) is 0 Å². The van der Waals surface area contributed by atoms with Crippen LogP contribution in [0, 0.1) is 0 Å². The van der Waals surface area contributed by atoms with Crippen molar-refractivity contribution in [2.24, 2.45) is 0 Å². The molecular formula is C13H19NO. The van der Waals surface area contributed by atoms with Crippen molar-refractivity contribution in [2.45, 2.75) is 32.4 Å². The van der Waals surface area contributed by atoms with Gasteiger partial charge in [-0.15, -0.1) is 0 Å². The molecule has 0 unspecified atom stereocenters. The van der Waals surface area contributed by atoms with Crippen LogP contribution in [0.2, 0.25) is 0 Å². The Kier molecular flexibility index (Phi) is 2.57. The molecule has 0 bridgehead atoms. The highest BCUT2D eigenvalue weighted by molar-refractivity contribution is 5.35. The maximum absolute atomic E-state index is 9.93. The zero-order chi connectivity index (χ0) is 11.1. The molecule has 1 aromatic rings. The first kappa shape index (κ1) is 10.7. The molecule has 0 aromatic heterocycles. The highest BCUT2D eigenvalue weighted by Gasteiger charge is 2.19. The lowest BCUT2D eigenvalue weighted by atomic mass is 9.91. The summed E-state index contributed by atoms with van der Waals surface area (Å²) < 4.78 is 0. The van der Waals surface area contributed by atoms with E-state index in [1.807, 2.05) is 19.9 Å². The van der Waals surface area contributed by atoms with Gasteiger partial charge in [-0.1, -0.05) is 18.2 Å². The first-order valence-electron chi connectivity index (χ1n) is 5.50. The van der Waals surface area contributed by atoms with Crippen molar-refractivity contribution < 1.29 is 5.11 Å². The Balaban J connectivity index is 2.35. The van der Waals surface area contributed by atoms with E-state index < -0.39 is 5.60 Å². The normalized spacial score (nSPS) is 17.6. The Bertz CT molecular complexity index is 365. The van der Waals surface area contributed by atoms with Crippen LogP contribution in [0.15, 0.2) is 18.2 Å². The van der Waals surface area contributed by atoms with Crippen LogP contribution in [0.5, 0.6) is 0 Å². The molecule has 15 heavy (non-hydrogen) atoms. The number of nitrogens with zero attached hydrogens (tertiary/aromatic N) is 1. The number of benzene rings is 1. The van der Waals surface area contributed by atoms with Crippen LogP contribution in [0.3, 0.4) is 0 Å². The van der Waals surface area contributed by atoms with Gasteiger partial charge < -0.3 is 10.0 Å². The maximum atomic E-state index is 9.93. The van der Waals surface area contributed by atoms with Gasteiger partial charge >= 0.3 is 0 Å². The lowest BCUT2D eigenvalue weighted by molar-refractivity contribution is 0.0784. The molecule has 2 rings (SSSR count). The molecule has 1 heterocycles. The molecule has 1 aromatic carbocycles. The van der Waals surface area contributed by atoms with Crippen molar-refractivity contribution >= 4 is 0 Å². The molecule has 1 aliphatic rings. The molecule has 0 radical (unpaired) electrons. The summed E-state index contributed by atoms with van der Waals surface area (Å²) in [5, 5.41) is 9.93. The fourth-order valence-corrected chi connectivity index (χ4v) is 2.07. The first-order valence-corrected chi connectivity index (χ1v) is 5.50. The molecule has 2 nitrogen and oxygen atoms in total. The van der Waals surface area contributed by atoms with Crippen LogP contribution >= 0.6 is 0 Å². The molecule has 0 atom stereocenters. The smallest absolute Gasteiger partial charge is 0.0840 e. The summed E-state index contributed by atoms with van der Waals surface area (Å²) in [5.41, 5.74) is 3.09. The van der Waals surface area contributed by atoms with Gasteiger partial charge in [0.25, 0.3) is 0 Å². The lowest BCUT2D eigenvalue weighted by Gasteiger charge is -2.27. The van der Waals surface area contributed by atoms with Gasteiger partial charge in [0.1, 0.15) is 0 Å². The summed E-state index contributed by atoms with van der Waals surface area (Å²) >= 11 is 0. The van der Waals surface area contributed by atoms with E-state index in [1.165, 1.54) is 11.1 Å². The van der Waals surface area contributed by atoms with Gasteiger partial charge in [-0.2, -0.15) is 0 Å². The zero-order valence-corrected chi connectivity index (χ0v) is 9.75. The number of hydrogen-bond donors (Lipinski definition) is 1. The molecule has 0 saturated carbocycles. The van der Waals surface area contributed by atoms with E-state index in [0.29, 0.717) is 0 Å². The molecule has 82 valence electrons. The van der Waals surface area contributed by atoms with Gasteiger partial charge in [0.2, 0.25) is 0 Å². The molecule has 0 amide bonds. The summed E-state index contributed by atoms with van der Waals surface area (Å²) in [4.78, 5) is 2.33. The summed E-state index contributed by atoms with van der Waals surface area (Å²) in [6, 6.07) is 6.35. The van der Waals surface area contributed by atoms with Crippen molar-refractivity contribution in [2.75, 3.05) is 13.6 Å². The minimum absolute atomic E-state index is 0.724. The molecule has 0 spiro atoms.